The van der Waals surface area contributed by atoms with Gasteiger partial charge in [-0.1, -0.05) is 11.6 Å². The van der Waals surface area contributed by atoms with Crippen molar-refractivity contribution in [3.8, 4) is 5.75 Å². The van der Waals surface area contributed by atoms with Gasteiger partial charge < -0.3 is 5.11 Å². The van der Waals surface area contributed by atoms with E-state index in [9.17, 15) is 5.11 Å². The molecule has 0 fully saturated rings. The number of fused-ring (bicyclic) bond motifs is 1. The van der Waals surface area contributed by atoms with Crippen molar-refractivity contribution in [2.24, 2.45) is 7.05 Å². The van der Waals surface area contributed by atoms with Crippen LogP contribution in [0.4, 0.5) is 0 Å². The van der Waals surface area contributed by atoms with Crippen molar-refractivity contribution in [1.29, 1.82) is 0 Å². The summed E-state index contributed by atoms with van der Waals surface area (Å²) in [6.45, 7) is 4.21. The molecule has 0 bridgehead atoms. The third kappa shape index (κ3) is 2.49. The van der Waals surface area contributed by atoms with Crippen LogP contribution in [0, 0.1) is 0 Å². The number of aromatic nitrogens is 2. The molecule has 0 aliphatic carbocycles. The van der Waals surface area contributed by atoms with E-state index in [0.29, 0.717) is 0 Å². The Balaban J connectivity index is 2.32. The van der Waals surface area contributed by atoms with Crippen LogP contribution >= 0.6 is 0 Å². The highest BCUT2D eigenvalue weighted by molar-refractivity contribution is 5.83. The molecule has 0 aliphatic rings. The number of rotatable bonds is 3. The van der Waals surface area contributed by atoms with Crippen molar-refractivity contribution >= 4 is 10.9 Å². The first-order chi connectivity index (χ1) is 8.08. The maximum Gasteiger partial charge on any atom is 0.117 e. The maximum atomic E-state index is 9.46. The first kappa shape index (κ1) is 11.7. The molecular weight excluding hydrogens is 212 g/mol. The fourth-order valence-electron chi connectivity index (χ4n) is 2.00. The highest BCUT2D eigenvalue weighted by Gasteiger charge is 2.08. The largest absolute Gasteiger partial charge is 0.508 e. The molecule has 3 heteroatoms. The van der Waals surface area contributed by atoms with Gasteiger partial charge in [0.2, 0.25) is 0 Å². The van der Waals surface area contributed by atoms with Crippen LogP contribution in [-0.4, -0.2) is 14.9 Å². The average Bonchev–Trinajstić information content (AvgIpc) is 2.55. The molecule has 17 heavy (non-hydrogen) atoms. The number of phenolic OH excluding ortho intramolecular Hbond substituents is 1. The van der Waals surface area contributed by atoms with Crippen molar-refractivity contribution in [3.05, 3.63) is 35.5 Å². The molecule has 0 spiro atoms. The second-order valence-corrected chi connectivity index (χ2v) is 4.59. The SMILES string of the molecule is CC(C)=CCCc1nn(C)c2cc(O)ccc12. The molecule has 0 aliphatic heterocycles. The Labute approximate surface area is 101 Å². The van der Waals surface area contributed by atoms with Gasteiger partial charge in [-0.3, -0.25) is 4.68 Å². The third-order valence-electron chi connectivity index (χ3n) is 2.85. The van der Waals surface area contributed by atoms with Crippen LogP contribution in [0.25, 0.3) is 10.9 Å². The Morgan fingerprint density at radius 1 is 1.41 bits per heavy atom. The second-order valence-electron chi connectivity index (χ2n) is 4.59. The van der Waals surface area contributed by atoms with E-state index in [2.05, 4.69) is 25.0 Å². The molecule has 1 N–H and O–H groups in total. The molecule has 0 amide bonds. The fourth-order valence-corrected chi connectivity index (χ4v) is 2.00. The number of nitrogens with zero attached hydrogens (tertiary/aromatic N) is 2. The standard InChI is InChI=1S/C14H18N2O/c1-10(2)5-4-6-13-12-8-7-11(17)9-14(12)16(3)15-13/h5,7-9,17H,4,6H2,1-3H3. The number of hydrogen-bond acceptors (Lipinski definition) is 2. The van der Waals surface area contributed by atoms with E-state index in [-0.39, 0.29) is 5.75 Å². The van der Waals surface area contributed by atoms with Crippen LogP contribution < -0.4 is 0 Å². The molecule has 0 unspecified atom stereocenters. The van der Waals surface area contributed by atoms with Gasteiger partial charge in [0.05, 0.1) is 11.2 Å². The van der Waals surface area contributed by atoms with E-state index < -0.39 is 0 Å². The molecule has 1 aromatic carbocycles. The third-order valence-corrected chi connectivity index (χ3v) is 2.85. The van der Waals surface area contributed by atoms with Crippen molar-refractivity contribution < 1.29 is 5.11 Å². The number of phenols is 1. The minimum Gasteiger partial charge on any atom is -0.508 e. The molecule has 2 aromatic rings. The topological polar surface area (TPSA) is 38.0 Å². The smallest absolute Gasteiger partial charge is 0.117 e. The highest BCUT2D eigenvalue weighted by atomic mass is 16.3. The fraction of sp³-hybridized carbons (Fsp3) is 0.357. The van der Waals surface area contributed by atoms with Gasteiger partial charge >= 0.3 is 0 Å². The Morgan fingerprint density at radius 2 is 2.18 bits per heavy atom. The summed E-state index contributed by atoms with van der Waals surface area (Å²) in [5, 5.41) is 15.1. The van der Waals surface area contributed by atoms with Crippen LogP contribution in [0.15, 0.2) is 29.8 Å². The van der Waals surface area contributed by atoms with E-state index in [1.165, 1.54) is 5.57 Å². The molecule has 2 rings (SSSR count). The van der Waals surface area contributed by atoms with Crippen LogP contribution in [0.2, 0.25) is 0 Å². The lowest BCUT2D eigenvalue weighted by molar-refractivity contribution is 0.476. The van der Waals surface area contributed by atoms with Crippen LogP contribution in [-0.2, 0) is 13.5 Å². The minimum atomic E-state index is 0.288. The first-order valence-electron chi connectivity index (χ1n) is 5.86. The Morgan fingerprint density at radius 3 is 2.88 bits per heavy atom. The summed E-state index contributed by atoms with van der Waals surface area (Å²) in [6, 6.07) is 5.41. The van der Waals surface area contributed by atoms with Crippen LogP contribution in [0.3, 0.4) is 0 Å². The Kier molecular flexibility index (Phi) is 3.18. The van der Waals surface area contributed by atoms with Gasteiger partial charge in [0, 0.05) is 18.5 Å². The molecule has 90 valence electrons. The molecule has 1 heterocycles. The number of benzene rings is 1. The van der Waals surface area contributed by atoms with E-state index >= 15 is 0 Å². The molecule has 0 atom stereocenters. The number of hydrogen-bond donors (Lipinski definition) is 1. The Bertz CT molecular complexity index is 563. The summed E-state index contributed by atoms with van der Waals surface area (Å²) in [4.78, 5) is 0. The number of aryl methyl sites for hydroxylation is 2. The average molecular weight is 230 g/mol. The summed E-state index contributed by atoms with van der Waals surface area (Å²) in [5.41, 5.74) is 3.42. The van der Waals surface area contributed by atoms with Crippen molar-refractivity contribution in [2.45, 2.75) is 26.7 Å². The lowest BCUT2D eigenvalue weighted by Gasteiger charge is -1.96. The van der Waals surface area contributed by atoms with Crippen LogP contribution in [0.5, 0.6) is 5.75 Å². The number of aromatic hydroxyl groups is 1. The monoisotopic (exact) mass is 230 g/mol. The molecule has 0 saturated heterocycles. The van der Waals surface area contributed by atoms with Crippen molar-refractivity contribution in [2.75, 3.05) is 0 Å². The highest BCUT2D eigenvalue weighted by Crippen LogP contribution is 2.23. The van der Waals surface area contributed by atoms with Crippen molar-refractivity contribution in [3.63, 3.8) is 0 Å². The van der Waals surface area contributed by atoms with Gasteiger partial charge in [0.1, 0.15) is 5.75 Å². The van der Waals surface area contributed by atoms with E-state index in [1.807, 2.05) is 17.8 Å². The van der Waals surface area contributed by atoms with E-state index in [0.717, 1.165) is 29.4 Å². The zero-order valence-corrected chi connectivity index (χ0v) is 10.6. The van der Waals surface area contributed by atoms with Gasteiger partial charge in [-0.15, -0.1) is 0 Å². The molecule has 0 radical (unpaired) electrons. The van der Waals surface area contributed by atoms with Gasteiger partial charge in [0.25, 0.3) is 0 Å². The normalized spacial score (nSPS) is 10.8. The van der Waals surface area contributed by atoms with Crippen molar-refractivity contribution in [1.82, 2.24) is 9.78 Å². The maximum absolute atomic E-state index is 9.46. The summed E-state index contributed by atoms with van der Waals surface area (Å²) in [7, 11) is 1.91. The molecule has 0 saturated carbocycles. The zero-order valence-electron chi connectivity index (χ0n) is 10.6. The minimum absolute atomic E-state index is 0.288. The summed E-state index contributed by atoms with van der Waals surface area (Å²) in [6.07, 6.45) is 4.17. The van der Waals surface area contributed by atoms with Gasteiger partial charge in [-0.25, -0.2) is 0 Å². The van der Waals surface area contributed by atoms with Gasteiger partial charge in [-0.2, -0.15) is 5.10 Å². The second kappa shape index (κ2) is 4.62. The lowest BCUT2D eigenvalue weighted by Crippen LogP contribution is -1.91. The Hall–Kier alpha value is -1.77. The summed E-state index contributed by atoms with van der Waals surface area (Å²) < 4.78 is 1.83. The summed E-state index contributed by atoms with van der Waals surface area (Å²) in [5.74, 6) is 0.288. The van der Waals surface area contributed by atoms with Gasteiger partial charge in [0.15, 0.2) is 0 Å². The molecule has 3 nitrogen and oxygen atoms in total. The van der Waals surface area contributed by atoms with Gasteiger partial charge in [-0.05, 0) is 38.8 Å². The molecule has 1 aromatic heterocycles. The lowest BCUT2D eigenvalue weighted by atomic mass is 10.1. The predicted molar refractivity (Wildman–Crippen MR) is 70.1 cm³/mol. The predicted octanol–water partition coefficient (Wildman–Crippen LogP) is 3.18. The molecular formula is C14H18N2O. The zero-order chi connectivity index (χ0) is 12.4. The quantitative estimate of drug-likeness (QED) is 0.822. The number of allylic oxidation sites excluding steroid dienone is 2. The van der Waals surface area contributed by atoms with Crippen LogP contribution in [0.1, 0.15) is 26.0 Å². The first-order valence-corrected chi connectivity index (χ1v) is 5.86. The van der Waals surface area contributed by atoms with E-state index in [1.54, 1.807) is 12.1 Å². The van der Waals surface area contributed by atoms with E-state index in [4.69, 9.17) is 0 Å². The summed E-state index contributed by atoms with van der Waals surface area (Å²) >= 11 is 0.